The summed E-state index contributed by atoms with van der Waals surface area (Å²) in [5, 5.41) is 12.0. The van der Waals surface area contributed by atoms with Crippen molar-refractivity contribution in [3.8, 4) is 22.3 Å². The molecule has 0 aliphatic carbocycles. The number of H-pyrrole nitrogens is 1. The number of amides is 1. The molecule has 0 aliphatic heterocycles. The Kier molecular flexibility index (Phi) is 4.82. The Morgan fingerprint density at radius 3 is 2.73 bits per heavy atom. The molecule has 0 bridgehead atoms. The molecular formula is C22H16ClN5OS. The Bertz CT molecular complexity index is 1310. The third kappa shape index (κ3) is 3.38. The summed E-state index contributed by atoms with van der Waals surface area (Å²) in [7, 11) is 0. The molecule has 30 heavy (non-hydrogen) atoms. The number of benzene rings is 1. The van der Waals surface area contributed by atoms with Gasteiger partial charge in [0.25, 0.3) is 5.91 Å². The Labute approximate surface area is 181 Å². The van der Waals surface area contributed by atoms with Crippen molar-refractivity contribution in [2.45, 2.75) is 6.54 Å². The molecule has 0 saturated carbocycles. The second kappa shape index (κ2) is 7.78. The van der Waals surface area contributed by atoms with Crippen LogP contribution in [0.5, 0.6) is 0 Å². The first kappa shape index (κ1) is 18.6. The summed E-state index contributed by atoms with van der Waals surface area (Å²) in [6.07, 6.45) is 5.42. The van der Waals surface area contributed by atoms with E-state index in [0.29, 0.717) is 12.2 Å². The van der Waals surface area contributed by atoms with Crippen LogP contribution in [-0.2, 0) is 6.54 Å². The molecule has 5 aromatic rings. The van der Waals surface area contributed by atoms with Crippen LogP contribution in [0.4, 0.5) is 0 Å². The fourth-order valence-electron chi connectivity index (χ4n) is 3.33. The molecule has 0 atom stereocenters. The fourth-order valence-corrected chi connectivity index (χ4v) is 4.23. The fraction of sp³-hybridized carbons (Fsp3) is 0.0455. The summed E-state index contributed by atoms with van der Waals surface area (Å²) in [4.78, 5) is 18.4. The SMILES string of the molecule is O=C(NCc1cccs1)c1nc2c(-c3cn[nH]c3)cc(-c3ccccc3)cn2c1Cl. The second-order valence-electron chi connectivity index (χ2n) is 6.70. The van der Waals surface area contributed by atoms with Crippen LogP contribution in [0.3, 0.4) is 0 Å². The van der Waals surface area contributed by atoms with Crippen LogP contribution in [-0.4, -0.2) is 25.5 Å². The van der Waals surface area contributed by atoms with E-state index in [0.717, 1.165) is 27.1 Å². The average Bonchev–Trinajstić information content (AvgIpc) is 3.54. The number of imidazole rings is 1. The van der Waals surface area contributed by atoms with Crippen LogP contribution in [0.2, 0.25) is 5.15 Å². The number of rotatable bonds is 5. The molecule has 0 unspecified atom stereocenters. The number of aromatic nitrogens is 4. The standard InChI is InChI=1S/C22H16ClN5OS/c23-20-19(22(29)24-12-17-7-4-8-30-17)27-21-18(16-10-25-26-11-16)9-15(13-28(20)21)14-5-2-1-3-6-14/h1-11,13H,12H2,(H,24,29)(H,25,26). The number of nitrogens with zero attached hydrogens (tertiary/aromatic N) is 3. The number of carbonyl (C=O) groups excluding carboxylic acids is 1. The smallest absolute Gasteiger partial charge is 0.273 e. The Balaban J connectivity index is 1.62. The van der Waals surface area contributed by atoms with Gasteiger partial charge in [-0.2, -0.15) is 5.10 Å². The van der Waals surface area contributed by atoms with Crippen LogP contribution in [0.15, 0.2) is 72.5 Å². The van der Waals surface area contributed by atoms with E-state index < -0.39 is 0 Å². The lowest BCUT2D eigenvalue weighted by Crippen LogP contribution is -2.23. The number of halogens is 1. The Hall–Kier alpha value is -3.42. The van der Waals surface area contributed by atoms with Crippen LogP contribution in [0.1, 0.15) is 15.4 Å². The average molecular weight is 434 g/mol. The van der Waals surface area contributed by atoms with E-state index in [-0.39, 0.29) is 16.8 Å². The maximum Gasteiger partial charge on any atom is 0.273 e. The second-order valence-corrected chi connectivity index (χ2v) is 8.09. The molecule has 1 amide bonds. The summed E-state index contributed by atoms with van der Waals surface area (Å²) < 4.78 is 1.76. The number of carbonyl (C=O) groups is 1. The van der Waals surface area contributed by atoms with Crippen molar-refractivity contribution < 1.29 is 4.79 Å². The number of nitrogens with one attached hydrogen (secondary N) is 2. The van der Waals surface area contributed by atoms with Crippen LogP contribution in [0.25, 0.3) is 27.9 Å². The van der Waals surface area contributed by atoms with Gasteiger partial charge in [0, 0.05) is 28.4 Å². The monoisotopic (exact) mass is 433 g/mol. The minimum Gasteiger partial charge on any atom is -0.346 e. The van der Waals surface area contributed by atoms with Gasteiger partial charge in [-0.05, 0) is 28.6 Å². The highest BCUT2D eigenvalue weighted by molar-refractivity contribution is 7.09. The van der Waals surface area contributed by atoms with Crippen molar-refractivity contribution >= 4 is 34.5 Å². The predicted molar refractivity (Wildman–Crippen MR) is 119 cm³/mol. The molecule has 0 radical (unpaired) electrons. The summed E-state index contributed by atoms with van der Waals surface area (Å²) in [6, 6.07) is 15.9. The molecule has 0 aliphatic rings. The van der Waals surface area contributed by atoms with Crippen molar-refractivity contribution in [3.05, 3.63) is 88.2 Å². The summed E-state index contributed by atoms with van der Waals surface area (Å²) in [6.45, 7) is 0.435. The molecule has 2 N–H and O–H groups in total. The zero-order chi connectivity index (χ0) is 20.5. The number of fused-ring (bicyclic) bond motifs is 1. The molecule has 8 heteroatoms. The van der Waals surface area contributed by atoms with Gasteiger partial charge in [-0.25, -0.2) is 4.98 Å². The molecular weight excluding hydrogens is 418 g/mol. The third-order valence-electron chi connectivity index (χ3n) is 4.80. The van der Waals surface area contributed by atoms with E-state index in [1.54, 1.807) is 28.1 Å². The van der Waals surface area contributed by atoms with E-state index in [1.807, 2.05) is 60.1 Å². The summed E-state index contributed by atoms with van der Waals surface area (Å²) >= 11 is 8.21. The minimum atomic E-state index is -0.309. The molecule has 5 rings (SSSR count). The van der Waals surface area contributed by atoms with Crippen molar-refractivity contribution in [2.24, 2.45) is 0 Å². The molecule has 148 valence electrons. The van der Waals surface area contributed by atoms with Gasteiger partial charge in [-0.3, -0.25) is 14.3 Å². The minimum absolute atomic E-state index is 0.197. The van der Waals surface area contributed by atoms with Gasteiger partial charge in [-0.15, -0.1) is 11.3 Å². The Morgan fingerprint density at radius 1 is 1.13 bits per heavy atom. The van der Waals surface area contributed by atoms with E-state index in [1.165, 1.54) is 0 Å². The van der Waals surface area contributed by atoms with Gasteiger partial charge in [-0.1, -0.05) is 48.0 Å². The molecule has 0 fully saturated rings. The van der Waals surface area contributed by atoms with Crippen LogP contribution < -0.4 is 5.32 Å². The van der Waals surface area contributed by atoms with Crippen LogP contribution >= 0.6 is 22.9 Å². The van der Waals surface area contributed by atoms with E-state index in [4.69, 9.17) is 11.6 Å². The molecule has 4 heterocycles. The van der Waals surface area contributed by atoms with Gasteiger partial charge < -0.3 is 5.32 Å². The van der Waals surface area contributed by atoms with Gasteiger partial charge >= 0.3 is 0 Å². The lowest BCUT2D eigenvalue weighted by molar-refractivity contribution is 0.0947. The summed E-state index contributed by atoms with van der Waals surface area (Å²) in [5.74, 6) is -0.309. The number of hydrogen-bond donors (Lipinski definition) is 2. The highest BCUT2D eigenvalue weighted by Crippen LogP contribution is 2.32. The van der Waals surface area contributed by atoms with Crippen LogP contribution in [0, 0.1) is 0 Å². The quantitative estimate of drug-likeness (QED) is 0.408. The molecule has 4 aromatic heterocycles. The lowest BCUT2D eigenvalue weighted by atomic mass is 10.0. The number of aromatic amines is 1. The third-order valence-corrected chi connectivity index (χ3v) is 6.03. The van der Waals surface area contributed by atoms with Gasteiger partial charge in [0.2, 0.25) is 0 Å². The highest BCUT2D eigenvalue weighted by Gasteiger charge is 2.21. The topological polar surface area (TPSA) is 75.1 Å². The first-order valence-electron chi connectivity index (χ1n) is 9.27. The first-order chi connectivity index (χ1) is 14.7. The van der Waals surface area contributed by atoms with Crippen molar-refractivity contribution in [3.63, 3.8) is 0 Å². The summed E-state index contributed by atoms with van der Waals surface area (Å²) in [5.41, 5.74) is 4.50. The molecule has 6 nitrogen and oxygen atoms in total. The largest absolute Gasteiger partial charge is 0.346 e. The number of thiophene rings is 1. The molecule has 1 aromatic carbocycles. The normalized spacial score (nSPS) is 11.1. The Morgan fingerprint density at radius 2 is 2.00 bits per heavy atom. The van der Waals surface area contributed by atoms with Gasteiger partial charge in [0.05, 0.1) is 12.7 Å². The number of hydrogen-bond acceptors (Lipinski definition) is 4. The predicted octanol–water partition coefficient (Wildman–Crippen LogP) is 5.04. The van der Waals surface area contributed by atoms with E-state index in [9.17, 15) is 4.79 Å². The maximum absolute atomic E-state index is 12.8. The van der Waals surface area contributed by atoms with E-state index >= 15 is 0 Å². The number of pyridine rings is 1. The lowest BCUT2D eigenvalue weighted by Gasteiger charge is -2.08. The maximum atomic E-state index is 12.8. The zero-order valence-electron chi connectivity index (χ0n) is 15.7. The molecule has 0 saturated heterocycles. The molecule has 0 spiro atoms. The zero-order valence-corrected chi connectivity index (χ0v) is 17.2. The van der Waals surface area contributed by atoms with Crippen molar-refractivity contribution in [1.29, 1.82) is 0 Å². The first-order valence-corrected chi connectivity index (χ1v) is 10.5. The van der Waals surface area contributed by atoms with Crippen molar-refractivity contribution in [2.75, 3.05) is 0 Å². The van der Waals surface area contributed by atoms with Crippen molar-refractivity contribution in [1.82, 2.24) is 24.9 Å². The van der Waals surface area contributed by atoms with Gasteiger partial charge in [0.15, 0.2) is 5.69 Å². The highest BCUT2D eigenvalue weighted by atomic mass is 35.5. The van der Waals surface area contributed by atoms with E-state index in [2.05, 4.69) is 20.5 Å². The van der Waals surface area contributed by atoms with Gasteiger partial charge in [0.1, 0.15) is 10.8 Å².